The van der Waals surface area contributed by atoms with Crippen molar-refractivity contribution in [1.29, 1.82) is 0 Å². The van der Waals surface area contributed by atoms with E-state index in [2.05, 4.69) is 26.2 Å². The van der Waals surface area contributed by atoms with Crippen molar-refractivity contribution in [3.8, 4) is 0 Å². The number of hydrogen-bond donors (Lipinski definition) is 0. The minimum absolute atomic E-state index is 0.557. The van der Waals surface area contributed by atoms with Crippen LogP contribution in [0.5, 0.6) is 0 Å². The van der Waals surface area contributed by atoms with Crippen LogP contribution in [-0.2, 0) is 0 Å². The lowest BCUT2D eigenvalue weighted by Gasteiger charge is -2.25. The van der Waals surface area contributed by atoms with E-state index < -0.39 is 15.2 Å². The Balaban J connectivity index is 3.75. The van der Waals surface area contributed by atoms with Crippen molar-refractivity contribution in [3.63, 3.8) is 0 Å². The molecule has 0 bridgehead atoms. The van der Waals surface area contributed by atoms with Crippen LogP contribution < -0.4 is 0 Å². The minimum Gasteiger partial charge on any atom is -0.0722 e. The van der Waals surface area contributed by atoms with Crippen molar-refractivity contribution in [2.24, 2.45) is 0 Å². The zero-order valence-corrected chi connectivity index (χ0v) is 13.7. The summed E-state index contributed by atoms with van der Waals surface area (Å²) in [5.74, 6) is 0. The summed E-state index contributed by atoms with van der Waals surface area (Å²) in [6.45, 7) is 10.2. The van der Waals surface area contributed by atoms with E-state index in [1.165, 1.54) is 19.5 Å². The van der Waals surface area contributed by atoms with Crippen LogP contribution in [0.4, 0.5) is 0 Å². The Morgan fingerprint density at radius 1 is 0.889 bits per heavy atom. The van der Waals surface area contributed by atoms with Gasteiger partial charge in [0, 0.05) is 15.2 Å². The quantitative estimate of drug-likeness (QED) is 0.526. The zero-order valence-electron chi connectivity index (χ0n) is 7.71. The predicted octanol–water partition coefficient (Wildman–Crippen LogP) is -0.333. The minimum atomic E-state index is -0.557. The molecule has 0 saturated carbocycles. The van der Waals surface area contributed by atoms with E-state index in [0.29, 0.717) is 0 Å². The summed E-state index contributed by atoms with van der Waals surface area (Å²) in [4.78, 5) is 0. The van der Waals surface area contributed by atoms with Crippen LogP contribution in [0.25, 0.3) is 0 Å². The van der Waals surface area contributed by atoms with Gasteiger partial charge < -0.3 is 0 Å². The molecule has 0 nitrogen and oxygen atoms in total. The molecule has 0 saturated heterocycles. The van der Waals surface area contributed by atoms with Crippen molar-refractivity contribution in [3.05, 3.63) is 0 Å². The Bertz CT molecular complexity index is 74.1. The Hall–Kier alpha value is 0.868. The van der Waals surface area contributed by atoms with Gasteiger partial charge in [0.2, 0.25) is 0 Å². The Morgan fingerprint density at radius 3 is 1.11 bits per heavy atom. The van der Waals surface area contributed by atoms with E-state index in [0.717, 1.165) is 0 Å². The van der Waals surface area contributed by atoms with Crippen molar-refractivity contribution in [2.45, 2.75) is 31.9 Å². The zero-order chi connectivity index (χ0) is 7.71. The maximum atomic E-state index is 2.55. The van der Waals surface area contributed by atoms with Gasteiger partial charge in [-0.15, -0.1) is 0 Å². The molecule has 0 unspecified atom stereocenters. The van der Waals surface area contributed by atoms with E-state index >= 15 is 0 Å². The van der Waals surface area contributed by atoms with Gasteiger partial charge in [-0.1, -0.05) is 31.9 Å². The van der Waals surface area contributed by atoms with Gasteiger partial charge in [-0.25, -0.2) is 0 Å². The first-order valence-corrected chi connectivity index (χ1v) is 17.1. The summed E-state index contributed by atoms with van der Waals surface area (Å²) < 4.78 is 0. The molecule has 9 heavy (non-hydrogen) atoms. The number of hydrogen-bond acceptors (Lipinski definition) is 0. The third-order valence-electron chi connectivity index (χ3n) is 1.06. The average molecular weight is 193 g/mol. The van der Waals surface area contributed by atoms with Crippen LogP contribution >= 0.6 is 0 Å². The SMILES string of the molecule is C[Si](C)([SiH3])C[Si](C)(C)[SiH3]. The molecule has 0 aromatic rings. The van der Waals surface area contributed by atoms with Gasteiger partial charge >= 0.3 is 0 Å². The molecule has 0 atom stereocenters. The molecule has 0 aromatic heterocycles. The van der Waals surface area contributed by atoms with E-state index in [1.807, 2.05) is 0 Å². The number of rotatable bonds is 2. The molecule has 0 aliphatic rings. The van der Waals surface area contributed by atoms with Gasteiger partial charge in [-0.05, 0) is 19.5 Å². The molecule has 0 aliphatic heterocycles. The van der Waals surface area contributed by atoms with Crippen molar-refractivity contribution in [2.75, 3.05) is 0 Å². The Morgan fingerprint density at radius 2 is 1.11 bits per heavy atom. The fourth-order valence-electron chi connectivity index (χ4n) is 1.59. The van der Waals surface area contributed by atoms with Crippen molar-refractivity contribution in [1.82, 2.24) is 0 Å². The molecule has 4 heteroatoms. The van der Waals surface area contributed by atoms with Crippen LogP contribution in [-0.4, -0.2) is 34.7 Å². The monoisotopic (exact) mass is 192 g/mol. The van der Waals surface area contributed by atoms with Gasteiger partial charge in [0.15, 0.2) is 0 Å². The van der Waals surface area contributed by atoms with E-state index in [9.17, 15) is 0 Å². The van der Waals surface area contributed by atoms with E-state index in [-0.39, 0.29) is 0 Å². The molecule has 0 radical (unpaired) electrons. The second kappa shape index (κ2) is 2.85. The first kappa shape index (κ1) is 9.87. The third-order valence-corrected chi connectivity index (χ3v) is 15.9. The first-order chi connectivity index (χ1) is 3.71. The standard InChI is InChI=1S/C5H20Si4/c1-8(2,6)5-9(3,4)7/h5H2,1-4,6-7H3. The van der Waals surface area contributed by atoms with Crippen LogP contribution in [0.15, 0.2) is 0 Å². The lowest BCUT2D eigenvalue weighted by atomic mass is 11.8. The van der Waals surface area contributed by atoms with Gasteiger partial charge in [0.1, 0.15) is 0 Å². The van der Waals surface area contributed by atoms with Crippen LogP contribution in [0.1, 0.15) is 0 Å². The lowest BCUT2D eigenvalue weighted by molar-refractivity contribution is 1.66. The van der Waals surface area contributed by atoms with Crippen molar-refractivity contribution >= 4 is 34.7 Å². The molecule has 0 aromatic carbocycles. The molecule has 0 N–H and O–H groups in total. The average Bonchev–Trinajstić information content (AvgIpc) is 1.14. The lowest BCUT2D eigenvalue weighted by Crippen LogP contribution is -2.40. The summed E-state index contributed by atoms with van der Waals surface area (Å²) in [5, 5.41) is 0. The van der Waals surface area contributed by atoms with Gasteiger partial charge in [-0.2, -0.15) is 0 Å². The maximum absolute atomic E-state index is 2.55. The highest BCUT2D eigenvalue weighted by Crippen LogP contribution is 2.12. The molecule has 56 valence electrons. The Kier molecular flexibility index (Phi) is 3.13. The van der Waals surface area contributed by atoms with Crippen LogP contribution in [0, 0.1) is 0 Å². The molecular formula is C5H20Si4. The smallest absolute Gasteiger partial charge is 0.0273 e. The van der Waals surface area contributed by atoms with Gasteiger partial charge in [-0.3, -0.25) is 0 Å². The first-order valence-electron chi connectivity index (χ1n) is 3.71. The highest BCUT2D eigenvalue weighted by molar-refractivity contribution is 7.28. The summed E-state index contributed by atoms with van der Waals surface area (Å²) in [6.07, 6.45) is 0. The van der Waals surface area contributed by atoms with Gasteiger partial charge in [0.05, 0.1) is 0 Å². The highest BCUT2D eigenvalue weighted by Gasteiger charge is 2.23. The second-order valence-corrected chi connectivity index (χ2v) is 33.2. The Labute approximate surface area is 66.9 Å². The normalized spacial score (nSPS) is 14.7. The molecule has 0 heterocycles. The fraction of sp³-hybridized carbons (Fsp3) is 1.00. The fourth-order valence-corrected chi connectivity index (χ4v) is 39.8. The largest absolute Gasteiger partial charge is 0.0722 e. The van der Waals surface area contributed by atoms with E-state index in [1.54, 1.807) is 5.67 Å². The van der Waals surface area contributed by atoms with Gasteiger partial charge in [0.25, 0.3) is 0 Å². The summed E-state index contributed by atoms with van der Waals surface area (Å²) in [6, 6.07) is 0. The molecular weight excluding hydrogens is 172 g/mol. The van der Waals surface area contributed by atoms with Crippen LogP contribution in [0.3, 0.4) is 0 Å². The summed E-state index contributed by atoms with van der Waals surface area (Å²) >= 11 is 0. The maximum Gasteiger partial charge on any atom is 0.0273 e. The summed E-state index contributed by atoms with van der Waals surface area (Å²) in [5.41, 5.74) is 1.69. The molecule has 0 spiro atoms. The third kappa shape index (κ3) is 8.87. The molecule has 0 fully saturated rings. The van der Waals surface area contributed by atoms with Crippen LogP contribution in [0.2, 0.25) is 31.9 Å². The highest BCUT2D eigenvalue weighted by atomic mass is 29.2. The van der Waals surface area contributed by atoms with Crippen molar-refractivity contribution < 1.29 is 0 Å². The van der Waals surface area contributed by atoms with E-state index in [4.69, 9.17) is 0 Å². The summed E-state index contributed by atoms with van der Waals surface area (Å²) in [7, 11) is 1.89. The molecule has 0 amide bonds. The predicted molar refractivity (Wildman–Crippen MR) is 59.6 cm³/mol. The molecule has 0 rings (SSSR count). The topological polar surface area (TPSA) is 0 Å². The molecule has 0 aliphatic carbocycles. The second-order valence-electron chi connectivity index (χ2n) is 5.30.